The van der Waals surface area contributed by atoms with Gasteiger partial charge in [0.25, 0.3) is 5.91 Å². The average molecular weight is 428 g/mol. The summed E-state index contributed by atoms with van der Waals surface area (Å²) in [6.45, 7) is 4.49. The highest BCUT2D eigenvalue weighted by Gasteiger charge is 2.14. The number of hydrogen-bond donors (Lipinski definition) is 1. The van der Waals surface area contributed by atoms with E-state index in [0.717, 1.165) is 11.1 Å². The van der Waals surface area contributed by atoms with Gasteiger partial charge in [0.05, 0.1) is 12.6 Å². The van der Waals surface area contributed by atoms with Crippen molar-refractivity contribution in [1.82, 2.24) is 5.32 Å². The molecule has 0 radical (unpaired) electrons. The van der Waals surface area contributed by atoms with Gasteiger partial charge in [-0.25, -0.2) is 4.39 Å². The summed E-state index contributed by atoms with van der Waals surface area (Å²) in [7, 11) is 0. The van der Waals surface area contributed by atoms with E-state index in [0.29, 0.717) is 28.7 Å². The van der Waals surface area contributed by atoms with E-state index < -0.39 is 0 Å². The molecule has 3 aromatic carbocycles. The zero-order valence-electron chi connectivity index (χ0n) is 16.8. The number of nitrogens with one attached hydrogen (secondary N) is 1. The second-order valence-corrected chi connectivity index (χ2v) is 7.18. The van der Waals surface area contributed by atoms with Gasteiger partial charge in [0.2, 0.25) is 0 Å². The van der Waals surface area contributed by atoms with E-state index in [4.69, 9.17) is 21.1 Å². The fourth-order valence-corrected chi connectivity index (χ4v) is 3.06. The molecule has 3 rings (SSSR count). The van der Waals surface area contributed by atoms with E-state index in [1.165, 1.54) is 12.1 Å². The number of carbonyl (C=O) groups is 1. The Morgan fingerprint density at radius 2 is 1.73 bits per heavy atom. The van der Waals surface area contributed by atoms with Crippen molar-refractivity contribution < 1.29 is 18.7 Å². The van der Waals surface area contributed by atoms with Crippen LogP contribution in [0, 0.1) is 5.82 Å². The summed E-state index contributed by atoms with van der Waals surface area (Å²) in [6.07, 6.45) is 0. The molecule has 0 aliphatic heterocycles. The van der Waals surface area contributed by atoms with Gasteiger partial charge in [-0.15, -0.1) is 0 Å². The molecule has 1 atom stereocenters. The molecule has 4 nitrogen and oxygen atoms in total. The third-order valence-corrected chi connectivity index (χ3v) is 4.80. The molecule has 0 bridgehead atoms. The topological polar surface area (TPSA) is 47.6 Å². The van der Waals surface area contributed by atoms with E-state index in [2.05, 4.69) is 5.32 Å². The summed E-state index contributed by atoms with van der Waals surface area (Å²) in [5, 5.41) is 3.56. The van der Waals surface area contributed by atoms with E-state index in [1.54, 1.807) is 54.6 Å². The number of ether oxygens (including phenoxy) is 2. The van der Waals surface area contributed by atoms with Gasteiger partial charge in [0, 0.05) is 16.1 Å². The van der Waals surface area contributed by atoms with Crippen molar-refractivity contribution in [3.8, 4) is 11.5 Å². The molecule has 1 N–H and O–H groups in total. The number of rotatable bonds is 8. The summed E-state index contributed by atoms with van der Waals surface area (Å²) >= 11 is 5.91. The lowest BCUT2D eigenvalue weighted by molar-refractivity contribution is 0.0939. The predicted molar refractivity (Wildman–Crippen MR) is 116 cm³/mol. The Bertz CT molecular complexity index is 990. The summed E-state index contributed by atoms with van der Waals surface area (Å²) in [5.41, 5.74) is 2.07. The van der Waals surface area contributed by atoms with Crippen molar-refractivity contribution in [2.24, 2.45) is 0 Å². The van der Waals surface area contributed by atoms with E-state index in [-0.39, 0.29) is 24.4 Å². The van der Waals surface area contributed by atoms with Crippen LogP contribution in [0.1, 0.15) is 41.4 Å². The maximum absolute atomic E-state index is 13.1. The van der Waals surface area contributed by atoms with Crippen LogP contribution < -0.4 is 14.8 Å². The van der Waals surface area contributed by atoms with Crippen LogP contribution in [-0.4, -0.2) is 12.5 Å². The number of benzene rings is 3. The minimum Gasteiger partial charge on any atom is -0.493 e. The molecule has 6 heteroatoms. The van der Waals surface area contributed by atoms with Crippen LogP contribution in [0.15, 0.2) is 66.7 Å². The number of halogens is 2. The molecule has 30 heavy (non-hydrogen) atoms. The first-order valence-electron chi connectivity index (χ1n) is 9.66. The molecular weight excluding hydrogens is 405 g/mol. The normalized spacial score (nSPS) is 11.6. The molecule has 3 aromatic rings. The quantitative estimate of drug-likeness (QED) is 0.483. The average Bonchev–Trinajstić information content (AvgIpc) is 2.74. The van der Waals surface area contributed by atoms with Crippen molar-refractivity contribution in [2.45, 2.75) is 26.5 Å². The van der Waals surface area contributed by atoms with Crippen molar-refractivity contribution in [3.05, 3.63) is 94.3 Å². The molecule has 0 spiro atoms. The van der Waals surface area contributed by atoms with Crippen molar-refractivity contribution in [3.63, 3.8) is 0 Å². The Morgan fingerprint density at radius 3 is 2.40 bits per heavy atom. The van der Waals surface area contributed by atoms with Gasteiger partial charge in [0.15, 0.2) is 0 Å². The van der Waals surface area contributed by atoms with Crippen LogP contribution >= 0.6 is 11.6 Å². The number of hydrogen-bond acceptors (Lipinski definition) is 3. The van der Waals surface area contributed by atoms with E-state index >= 15 is 0 Å². The van der Waals surface area contributed by atoms with Gasteiger partial charge in [0.1, 0.15) is 23.9 Å². The molecule has 0 aromatic heterocycles. The summed E-state index contributed by atoms with van der Waals surface area (Å²) in [6, 6.07) is 18.1. The Labute approximate surface area is 180 Å². The standard InChI is InChI=1S/C24H23ClFNO3/c1-3-29-23-13-6-18(14-19(23)15-30-22-11-7-20(25)8-12-22)24(28)27-16(2)17-4-9-21(26)10-5-17/h4-14,16H,3,15H2,1-2H3,(H,27,28)/t16-/m1/s1. The van der Waals surface area contributed by atoms with Gasteiger partial charge in [-0.2, -0.15) is 0 Å². The largest absolute Gasteiger partial charge is 0.493 e. The maximum Gasteiger partial charge on any atom is 0.251 e. The van der Waals surface area contributed by atoms with Crippen LogP contribution in [0.25, 0.3) is 0 Å². The van der Waals surface area contributed by atoms with Gasteiger partial charge in [-0.1, -0.05) is 23.7 Å². The zero-order chi connectivity index (χ0) is 21.5. The molecule has 156 valence electrons. The highest BCUT2D eigenvalue weighted by molar-refractivity contribution is 6.30. The fourth-order valence-electron chi connectivity index (χ4n) is 2.94. The van der Waals surface area contributed by atoms with Gasteiger partial charge < -0.3 is 14.8 Å². The highest BCUT2D eigenvalue weighted by Crippen LogP contribution is 2.24. The molecule has 0 aliphatic rings. The molecule has 0 fully saturated rings. The zero-order valence-corrected chi connectivity index (χ0v) is 17.6. The van der Waals surface area contributed by atoms with E-state index in [1.807, 2.05) is 13.8 Å². The lowest BCUT2D eigenvalue weighted by Gasteiger charge is -2.16. The van der Waals surface area contributed by atoms with Gasteiger partial charge >= 0.3 is 0 Å². The minimum absolute atomic E-state index is 0.234. The fraction of sp³-hybridized carbons (Fsp3) is 0.208. The highest BCUT2D eigenvalue weighted by atomic mass is 35.5. The first-order valence-corrected chi connectivity index (χ1v) is 10.0. The van der Waals surface area contributed by atoms with Crippen molar-refractivity contribution >= 4 is 17.5 Å². The molecule has 0 saturated heterocycles. The molecule has 0 aliphatic carbocycles. The van der Waals surface area contributed by atoms with Crippen LogP contribution in [0.3, 0.4) is 0 Å². The Balaban J connectivity index is 1.73. The van der Waals surface area contributed by atoms with E-state index in [9.17, 15) is 9.18 Å². The second-order valence-electron chi connectivity index (χ2n) is 6.74. The Kier molecular flexibility index (Phi) is 7.31. The van der Waals surface area contributed by atoms with Crippen LogP contribution in [0.5, 0.6) is 11.5 Å². The third kappa shape index (κ3) is 5.74. The van der Waals surface area contributed by atoms with Gasteiger partial charge in [-0.3, -0.25) is 4.79 Å². The third-order valence-electron chi connectivity index (χ3n) is 4.55. The summed E-state index contributed by atoms with van der Waals surface area (Å²) in [5.74, 6) is 0.785. The van der Waals surface area contributed by atoms with Gasteiger partial charge in [-0.05, 0) is 74.0 Å². The monoisotopic (exact) mass is 427 g/mol. The lowest BCUT2D eigenvalue weighted by atomic mass is 10.1. The Morgan fingerprint density at radius 1 is 1.03 bits per heavy atom. The maximum atomic E-state index is 13.1. The predicted octanol–water partition coefficient (Wildman–Crippen LogP) is 5.95. The summed E-state index contributed by atoms with van der Waals surface area (Å²) in [4.78, 5) is 12.7. The summed E-state index contributed by atoms with van der Waals surface area (Å²) < 4.78 is 24.6. The number of carbonyl (C=O) groups excluding carboxylic acids is 1. The minimum atomic E-state index is -0.311. The molecule has 0 heterocycles. The van der Waals surface area contributed by atoms with Crippen LogP contribution in [0.2, 0.25) is 5.02 Å². The first-order chi connectivity index (χ1) is 14.5. The van der Waals surface area contributed by atoms with Crippen LogP contribution in [0.4, 0.5) is 4.39 Å². The van der Waals surface area contributed by atoms with Crippen LogP contribution in [-0.2, 0) is 6.61 Å². The molecule has 0 unspecified atom stereocenters. The number of amides is 1. The first kappa shape index (κ1) is 21.7. The van der Waals surface area contributed by atoms with Crippen molar-refractivity contribution in [1.29, 1.82) is 0 Å². The molecule has 1 amide bonds. The smallest absolute Gasteiger partial charge is 0.251 e. The molecule has 0 saturated carbocycles. The SMILES string of the molecule is CCOc1ccc(C(=O)N[C@H](C)c2ccc(F)cc2)cc1COc1ccc(Cl)cc1. The second kappa shape index (κ2) is 10.1. The Hall–Kier alpha value is -3.05. The lowest BCUT2D eigenvalue weighted by Crippen LogP contribution is -2.26. The molecular formula is C24H23ClFNO3. The van der Waals surface area contributed by atoms with Crippen molar-refractivity contribution in [2.75, 3.05) is 6.61 Å².